The summed E-state index contributed by atoms with van der Waals surface area (Å²) in [6.07, 6.45) is 13.1. The van der Waals surface area contributed by atoms with Crippen molar-refractivity contribution in [3.8, 4) is 0 Å². The highest BCUT2D eigenvalue weighted by molar-refractivity contribution is 7.80. The van der Waals surface area contributed by atoms with E-state index in [2.05, 4.69) is 88.5 Å². The molecule has 3 heterocycles. The molecule has 2 aliphatic rings. The summed E-state index contributed by atoms with van der Waals surface area (Å²) in [5.41, 5.74) is 4.77. The molecule has 0 spiro atoms. The molecule has 1 saturated carbocycles. The smallest absolute Gasteiger partial charge is 0.174 e. The summed E-state index contributed by atoms with van der Waals surface area (Å²) in [5, 5.41) is 4.34. The highest BCUT2D eigenvalue weighted by Gasteiger charge is 2.41. The third-order valence-electron chi connectivity index (χ3n) is 7.01. The van der Waals surface area contributed by atoms with Crippen LogP contribution in [0, 0.1) is 0 Å². The van der Waals surface area contributed by atoms with Crippen molar-refractivity contribution < 1.29 is 0 Å². The lowest BCUT2D eigenvalue weighted by Gasteiger charge is -2.28. The maximum Gasteiger partial charge on any atom is 0.174 e. The zero-order chi connectivity index (χ0) is 22.1. The molecule has 4 nitrogen and oxygen atoms in total. The number of benzene rings is 1. The van der Waals surface area contributed by atoms with Crippen molar-refractivity contribution in [3.63, 3.8) is 0 Å². The molecule has 1 N–H and O–H groups in total. The van der Waals surface area contributed by atoms with Gasteiger partial charge in [0.05, 0.1) is 17.8 Å². The Bertz CT molecular complexity index is 1050. The molecule has 0 unspecified atom stereocenters. The summed E-state index contributed by atoms with van der Waals surface area (Å²) in [7, 11) is 0. The Balaban J connectivity index is 1.53. The number of nitrogens with zero attached hydrogens (tertiary/aromatic N) is 3. The van der Waals surface area contributed by atoms with E-state index < -0.39 is 0 Å². The first-order valence-corrected chi connectivity index (χ1v) is 12.3. The van der Waals surface area contributed by atoms with Gasteiger partial charge < -0.3 is 14.8 Å². The monoisotopic (exact) mass is 444 g/mol. The average Bonchev–Trinajstić information content (AvgIpc) is 3.45. The zero-order valence-electron chi connectivity index (χ0n) is 18.9. The average molecular weight is 445 g/mol. The van der Waals surface area contributed by atoms with Crippen LogP contribution < -0.4 is 10.2 Å². The Hall–Kier alpha value is -2.66. The first-order valence-electron chi connectivity index (χ1n) is 11.9. The van der Waals surface area contributed by atoms with Gasteiger partial charge in [-0.15, -0.1) is 0 Å². The number of hydrogen-bond donors (Lipinski definition) is 1. The lowest BCUT2D eigenvalue weighted by molar-refractivity contribution is 0.353. The summed E-state index contributed by atoms with van der Waals surface area (Å²) < 4.78 is 2.44. The third-order valence-corrected chi connectivity index (χ3v) is 7.33. The van der Waals surface area contributed by atoms with Gasteiger partial charge in [-0.3, -0.25) is 4.98 Å². The molecular formula is C27H32N4S. The molecular weight excluding hydrogens is 412 g/mol. The van der Waals surface area contributed by atoms with E-state index in [0.29, 0.717) is 12.0 Å². The van der Waals surface area contributed by atoms with Gasteiger partial charge in [-0.1, -0.05) is 51.3 Å². The van der Waals surface area contributed by atoms with Crippen molar-refractivity contribution in [1.29, 1.82) is 0 Å². The van der Waals surface area contributed by atoms with E-state index in [9.17, 15) is 0 Å². The first kappa shape index (κ1) is 21.2. The molecule has 2 aromatic heterocycles. The molecule has 166 valence electrons. The number of hydrogen-bond acceptors (Lipinski definition) is 2. The van der Waals surface area contributed by atoms with Crippen molar-refractivity contribution >= 4 is 23.0 Å². The van der Waals surface area contributed by atoms with E-state index in [0.717, 1.165) is 16.5 Å². The molecule has 3 aromatic rings. The standard InChI is InChI=1S/C27H32N4S/c1-19(2)20-11-13-23(14-12-20)31-26(25(29-27(31)32)24-10-6-7-16-28-24)21-15-17-30(18-21)22-8-4-3-5-9-22/h6-7,10-19,22,25-26H,3-5,8-9H2,1-2H3,(H,29,32)/t25-,26-/m0/s1. The number of rotatable bonds is 5. The molecule has 0 bridgehead atoms. The molecule has 1 aromatic carbocycles. The second-order valence-electron chi connectivity index (χ2n) is 9.43. The Morgan fingerprint density at radius 1 is 1.00 bits per heavy atom. The van der Waals surface area contributed by atoms with Crippen molar-refractivity contribution in [2.45, 2.75) is 70.0 Å². The van der Waals surface area contributed by atoms with Crippen molar-refractivity contribution in [1.82, 2.24) is 14.9 Å². The van der Waals surface area contributed by atoms with Crippen LogP contribution in [-0.4, -0.2) is 14.7 Å². The maximum atomic E-state index is 5.87. The molecule has 1 aliphatic carbocycles. The van der Waals surface area contributed by atoms with Crippen LogP contribution in [0.25, 0.3) is 0 Å². The summed E-state index contributed by atoms with van der Waals surface area (Å²) in [5.74, 6) is 0.509. The van der Waals surface area contributed by atoms with E-state index >= 15 is 0 Å². The fourth-order valence-corrected chi connectivity index (χ4v) is 5.55. The number of anilines is 1. The number of aromatic nitrogens is 2. The van der Waals surface area contributed by atoms with Crippen LogP contribution in [0.5, 0.6) is 0 Å². The van der Waals surface area contributed by atoms with E-state index in [1.165, 1.54) is 43.2 Å². The molecule has 32 heavy (non-hydrogen) atoms. The highest BCUT2D eigenvalue weighted by atomic mass is 32.1. The minimum atomic E-state index is 0.00989. The second kappa shape index (κ2) is 9.07. The normalized spacial score (nSPS) is 21.8. The number of thiocarbonyl (C=S) groups is 1. The van der Waals surface area contributed by atoms with Crippen molar-refractivity contribution in [2.24, 2.45) is 0 Å². The maximum absolute atomic E-state index is 5.87. The summed E-state index contributed by atoms with van der Waals surface area (Å²) in [6, 6.07) is 17.9. The van der Waals surface area contributed by atoms with Crippen LogP contribution in [0.15, 0.2) is 67.1 Å². The van der Waals surface area contributed by atoms with Crippen LogP contribution in [-0.2, 0) is 0 Å². The first-order chi connectivity index (χ1) is 15.6. The van der Waals surface area contributed by atoms with Gasteiger partial charge >= 0.3 is 0 Å². The molecule has 0 radical (unpaired) electrons. The third kappa shape index (κ3) is 4.06. The largest absolute Gasteiger partial charge is 0.351 e. The predicted octanol–water partition coefficient (Wildman–Crippen LogP) is 6.69. The van der Waals surface area contributed by atoms with Crippen LogP contribution >= 0.6 is 12.2 Å². The zero-order valence-corrected chi connectivity index (χ0v) is 19.8. The van der Waals surface area contributed by atoms with Crippen molar-refractivity contribution in [3.05, 3.63) is 83.9 Å². The van der Waals surface area contributed by atoms with E-state index in [4.69, 9.17) is 12.2 Å². The minimum Gasteiger partial charge on any atom is -0.351 e. The van der Waals surface area contributed by atoms with Crippen molar-refractivity contribution in [2.75, 3.05) is 4.90 Å². The Morgan fingerprint density at radius 3 is 2.47 bits per heavy atom. The molecule has 5 heteroatoms. The second-order valence-corrected chi connectivity index (χ2v) is 9.81. The molecule has 1 aliphatic heterocycles. The van der Waals surface area contributed by atoms with Gasteiger partial charge in [0.15, 0.2) is 5.11 Å². The van der Waals surface area contributed by atoms with E-state index in [-0.39, 0.29) is 12.1 Å². The van der Waals surface area contributed by atoms with Gasteiger partial charge in [-0.2, -0.15) is 0 Å². The van der Waals surface area contributed by atoms with Gasteiger partial charge in [-0.05, 0) is 72.4 Å². The highest BCUT2D eigenvalue weighted by Crippen LogP contribution is 2.42. The molecule has 5 rings (SSSR count). The SMILES string of the molecule is CC(C)c1ccc(N2C(=S)N[C@@H](c3ccccn3)[C@@H]2c2ccn(C3CCCCC3)c2)cc1. The summed E-state index contributed by atoms with van der Waals surface area (Å²) in [4.78, 5) is 6.95. The lowest BCUT2D eigenvalue weighted by Crippen LogP contribution is -2.29. The molecule has 2 atom stereocenters. The van der Waals surface area contributed by atoms with Crippen LogP contribution in [0.4, 0.5) is 5.69 Å². The van der Waals surface area contributed by atoms with Crippen LogP contribution in [0.1, 0.15) is 86.8 Å². The predicted molar refractivity (Wildman–Crippen MR) is 135 cm³/mol. The van der Waals surface area contributed by atoms with Gasteiger partial charge in [0, 0.05) is 30.3 Å². The fourth-order valence-electron chi connectivity index (χ4n) is 5.20. The van der Waals surface area contributed by atoms with Gasteiger partial charge in [0.2, 0.25) is 0 Å². The number of nitrogens with one attached hydrogen (secondary N) is 1. The Morgan fingerprint density at radius 2 is 1.78 bits per heavy atom. The molecule has 1 saturated heterocycles. The summed E-state index contributed by atoms with van der Waals surface area (Å²) in [6.45, 7) is 4.45. The van der Waals surface area contributed by atoms with E-state index in [1.54, 1.807) is 0 Å². The quantitative estimate of drug-likeness (QED) is 0.445. The molecule has 0 amide bonds. The van der Waals surface area contributed by atoms with Gasteiger partial charge in [-0.25, -0.2) is 0 Å². The van der Waals surface area contributed by atoms with Gasteiger partial charge in [0.25, 0.3) is 0 Å². The van der Waals surface area contributed by atoms with Crippen LogP contribution in [0.3, 0.4) is 0 Å². The van der Waals surface area contributed by atoms with Gasteiger partial charge in [0.1, 0.15) is 0 Å². The Labute approximate surface area is 196 Å². The number of pyridine rings is 1. The van der Waals surface area contributed by atoms with Crippen LogP contribution in [0.2, 0.25) is 0 Å². The van der Waals surface area contributed by atoms with E-state index in [1.807, 2.05) is 12.3 Å². The molecule has 2 fully saturated rings. The fraction of sp³-hybridized carbons (Fsp3) is 0.407. The summed E-state index contributed by atoms with van der Waals surface area (Å²) >= 11 is 5.87. The lowest BCUT2D eigenvalue weighted by atomic mass is 9.95. The topological polar surface area (TPSA) is 33.1 Å². The minimum absolute atomic E-state index is 0.00989. The Kier molecular flexibility index (Phi) is 6.01.